The maximum Gasteiger partial charge on any atom is 0.338 e. The molecule has 0 saturated heterocycles. The summed E-state index contributed by atoms with van der Waals surface area (Å²) >= 11 is 1.02. The van der Waals surface area contributed by atoms with E-state index in [1.807, 2.05) is 0 Å². The lowest BCUT2D eigenvalue weighted by molar-refractivity contribution is -0.132. The number of carboxylic acid groups (broad SMARTS) is 1. The Balaban J connectivity index is 1.74. The average Bonchev–Trinajstić information content (AvgIpc) is 2.69. The summed E-state index contributed by atoms with van der Waals surface area (Å²) in [6, 6.07) is 9.98. The van der Waals surface area contributed by atoms with Crippen LogP contribution in [0.2, 0.25) is 0 Å². The summed E-state index contributed by atoms with van der Waals surface area (Å²) in [5.74, 6) is -5.40. The highest BCUT2D eigenvalue weighted by Gasteiger charge is 2.32. The molecule has 0 saturated carbocycles. The van der Waals surface area contributed by atoms with E-state index in [2.05, 4.69) is 0 Å². The predicted molar refractivity (Wildman–Crippen MR) is 108 cm³/mol. The van der Waals surface area contributed by atoms with Crippen LogP contribution in [0.1, 0.15) is 17.5 Å². The normalized spacial score (nSPS) is 14.3. The Morgan fingerprint density at radius 1 is 1.10 bits per heavy atom. The highest BCUT2D eigenvalue weighted by atomic mass is 32.2. The molecule has 0 atom stereocenters. The van der Waals surface area contributed by atoms with Crippen molar-refractivity contribution in [2.45, 2.75) is 18.9 Å². The Hall–Kier alpha value is -2.74. The minimum absolute atomic E-state index is 0.00718. The van der Waals surface area contributed by atoms with Gasteiger partial charge in [0, 0.05) is 30.8 Å². The number of hydrogen-bond donors (Lipinski definition) is 1. The predicted octanol–water partition coefficient (Wildman–Crippen LogP) is 5.55. The zero-order chi connectivity index (χ0) is 21.7. The first-order valence-corrected chi connectivity index (χ1v) is 10.1. The first-order valence-electron chi connectivity index (χ1n) is 9.16. The standard InChI is InChI=1S/C22H19F4NO2S/c23-17-8-6-16(7-9-17)22(25,26)10-12-30-20-19(21(28)29)5-2-11-27(20)14-15-3-1-4-18(24)13-15/h1-9,13H,10-12,14H2,(H,28,29). The monoisotopic (exact) mass is 437 g/mol. The Morgan fingerprint density at radius 3 is 2.50 bits per heavy atom. The van der Waals surface area contributed by atoms with Crippen LogP contribution in [0.5, 0.6) is 0 Å². The second kappa shape index (κ2) is 9.38. The van der Waals surface area contributed by atoms with Crippen molar-refractivity contribution >= 4 is 17.7 Å². The molecule has 1 N–H and O–H groups in total. The molecule has 30 heavy (non-hydrogen) atoms. The minimum atomic E-state index is -3.18. The molecule has 1 heterocycles. The van der Waals surface area contributed by atoms with E-state index in [0.717, 1.165) is 36.0 Å². The molecule has 2 aromatic carbocycles. The van der Waals surface area contributed by atoms with Gasteiger partial charge in [-0.2, -0.15) is 0 Å². The van der Waals surface area contributed by atoms with Gasteiger partial charge < -0.3 is 10.0 Å². The second-order valence-corrected chi connectivity index (χ2v) is 7.83. The van der Waals surface area contributed by atoms with Gasteiger partial charge in [-0.15, -0.1) is 11.8 Å². The van der Waals surface area contributed by atoms with Gasteiger partial charge in [0.05, 0.1) is 10.6 Å². The van der Waals surface area contributed by atoms with E-state index in [1.54, 1.807) is 23.1 Å². The maximum atomic E-state index is 14.4. The van der Waals surface area contributed by atoms with E-state index in [4.69, 9.17) is 0 Å². The summed E-state index contributed by atoms with van der Waals surface area (Å²) in [5, 5.41) is 9.86. The molecule has 1 aliphatic heterocycles. The Bertz CT molecular complexity index is 973. The third kappa shape index (κ3) is 5.44. The van der Waals surface area contributed by atoms with E-state index < -0.39 is 29.9 Å². The molecule has 1 aliphatic rings. The largest absolute Gasteiger partial charge is 0.478 e. The van der Waals surface area contributed by atoms with E-state index in [-0.39, 0.29) is 23.4 Å². The number of halogens is 4. The highest BCUT2D eigenvalue weighted by molar-refractivity contribution is 8.03. The molecular weight excluding hydrogens is 418 g/mol. The van der Waals surface area contributed by atoms with E-state index >= 15 is 0 Å². The number of carbonyl (C=O) groups is 1. The van der Waals surface area contributed by atoms with Crippen LogP contribution in [0.4, 0.5) is 17.6 Å². The minimum Gasteiger partial charge on any atom is -0.478 e. The third-order valence-electron chi connectivity index (χ3n) is 4.54. The molecule has 0 radical (unpaired) electrons. The van der Waals surface area contributed by atoms with Crippen molar-refractivity contribution in [3.8, 4) is 0 Å². The molecule has 3 nitrogen and oxygen atoms in total. The van der Waals surface area contributed by atoms with Crippen molar-refractivity contribution in [2.75, 3.05) is 12.3 Å². The van der Waals surface area contributed by atoms with E-state index in [0.29, 0.717) is 17.1 Å². The Labute approximate surface area is 175 Å². The third-order valence-corrected chi connectivity index (χ3v) is 5.70. The molecule has 2 aromatic rings. The number of benzene rings is 2. The lowest BCUT2D eigenvalue weighted by Gasteiger charge is -2.30. The van der Waals surface area contributed by atoms with Gasteiger partial charge in [0.15, 0.2) is 0 Å². The first kappa shape index (κ1) is 22.0. The van der Waals surface area contributed by atoms with Crippen LogP contribution < -0.4 is 0 Å². The zero-order valence-corrected chi connectivity index (χ0v) is 16.6. The zero-order valence-electron chi connectivity index (χ0n) is 15.8. The molecule has 3 rings (SSSR count). The lowest BCUT2D eigenvalue weighted by atomic mass is 10.1. The number of alkyl halides is 2. The maximum absolute atomic E-state index is 14.4. The lowest BCUT2D eigenvalue weighted by Crippen LogP contribution is -2.27. The van der Waals surface area contributed by atoms with Crippen molar-refractivity contribution in [1.29, 1.82) is 0 Å². The van der Waals surface area contributed by atoms with Crippen LogP contribution in [0.25, 0.3) is 0 Å². The van der Waals surface area contributed by atoms with Crippen molar-refractivity contribution < 1.29 is 27.5 Å². The molecule has 0 fully saturated rings. The Morgan fingerprint density at radius 2 is 1.83 bits per heavy atom. The molecule has 8 heteroatoms. The van der Waals surface area contributed by atoms with Gasteiger partial charge in [-0.25, -0.2) is 22.4 Å². The number of aliphatic carboxylic acids is 1. The summed E-state index contributed by atoms with van der Waals surface area (Å²) in [5.41, 5.74) is 0.356. The fourth-order valence-corrected chi connectivity index (χ4v) is 4.24. The van der Waals surface area contributed by atoms with Crippen molar-refractivity contribution in [2.24, 2.45) is 0 Å². The number of rotatable bonds is 8. The van der Waals surface area contributed by atoms with Gasteiger partial charge in [0.2, 0.25) is 0 Å². The van der Waals surface area contributed by atoms with Gasteiger partial charge in [-0.3, -0.25) is 0 Å². The molecule has 0 unspecified atom stereocenters. The van der Waals surface area contributed by atoms with Crippen LogP contribution in [-0.4, -0.2) is 28.3 Å². The average molecular weight is 437 g/mol. The molecule has 0 bridgehead atoms. The smallest absolute Gasteiger partial charge is 0.338 e. The van der Waals surface area contributed by atoms with Crippen molar-refractivity contribution in [3.63, 3.8) is 0 Å². The number of hydrogen-bond acceptors (Lipinski definition) is 3. The van der Waals surface area contributed by atoms with Gasteiger partial charge >= 0.3 is 5.97 Å². The van der Waals surface area contributed by atoms with E-state index in [9.17, 15) is 27.5 Å². The molecule has 0 amide bonds. The van der Waals surface area contributed by atoms with Crippen LogP contribution >= 0.6 is 11.8 Å². The molecule has 158 valence electrons. The summed E-state index contributed by atoms with van der Waals surface area (Å²) in [4.78, 5) is 13.4. The topological polar surface area (TPSA) is 40.5 Å². The van der Waals surface area contributed by atoms with Gasteiger partial charge in [0.25, 0.3) is 5.92 Å². The summed E-state index contributed by atoms with van der Waals surface area (Å²) in [7, 11) is 0. The van der Waals surface area contributed by atoms with Gasteiger partial charge in [0.1, 0.15) is 11.6 Å². The second-order valence-electron chi connectivity index (χ2n) is 6.75. The summed E-state index contributed by atoms with van der Waals surface area (Å²) in [6.07, 6.45) is 2.57. The number of nitrogens with zero attached hydrogens (tertiary/aromatic N) is 1. The van der Waals surface area contributed by atoms with Crippen molar-refractivity contribution in [3.05, 3.63) is 94.0 Å². The van der Waals surface area contributed by atoms with E-state index in [1.165, 1.54) is 18.2 Å². The summed E-state index contributed by atoms with van der Waals surface area (Å²) < 4.78 is 55.4. The fourth-order valence-electron chi connectivity index (χ4n) is 3.06. The highest BCUT2D eigenvalue weighted by Crippen LogP contribution is 2.36. The van der Waals surface area contributed by atoms with Crippen LogP contribution in [0.15, 0.2) is 71.3 Å². The molecule has 0 aromatic heterocycles. The Kier molecular flexibility index (Phi) is 6.87. The summed E-state index contributed by atoms with van der Waals surface area (Å²) in [6.45, 7) is 0.625. The van der Waals surface area contributed by atoms with Crippen LogP contribution in [0.3, 0.4) is 0 Å². The van der Waals surface area contributed by atoms with Crippen LogP contribution in [0, 0.1) is 11.6 Å². The van der Waals surface area contributed by atoms with Crippen molar-refractivity contribution in [1.82, 2.24) is 4.90 Å². The quantitative estimate of drug-likeness (QED) is 0.550. The molecule has 0 aliphatic carbocycles. The van der Waals surface area contributed by atoms with Gasteiger partial charge in [-0.05, 0) is 35.9 Å². The number of carboxylic acids is 1. The SMILES string of the molecule is O=C(O)C1=C(SCCC(F)(F)c2ccc(F)cc2)N(Cc2cccc(F)c2)CC=C1. The van der Waals surface area contributed by atoms with Crippen LogP contribution in [-0.2, 0) is 17.3 Å². The molecule has 0 spiro atoms. The number of thioether (sulfide) groups is 1. The first-order chi connectivity index (χ1) is 14.3. The molecular formula is C22H19F4NO2S. The fraction of sp³-hybridized carbons (Fsp3) is 0.227. The van der Waals surface area contributed by atoms with Gasteiger partial charge in [-0.1, -0.05) is 30.3 Å².